The van der Waals surface area contributed by atoms with Gasteiger partial charge >= 0.3 is 0 Å². The van der Waals surface area contributed by atoms with E-state index in [4.69, 9.17) is 16.6 Å². The van der Waals surface area contributed by atoms with Gasteiger partial charge in [-0.2, -0.15) is 24.5 Å². The minimum absolute atomic E-state index is 0.0295. The molecule has 5 heterocycles. The fourth-order valence-electron chi connectivity index (χ4n) is 6.04. The van der Waals surface area contributed by atoms with Crippen LogP contribution in [0.25, 0.3) is 28.2 Å². The zero-order chi connectivity index (χ0) is 39.3. The van der Waals surface area contributed by atoms with E-state index in [1.54, 1.807) is 41.6 Å². The molecule has 0 radical (unpaired) electrons. The Balaban J connectivity index is 0.00000136. The van der Waals surface area contributed by atoms with Gasteiger partial charge in [-0.3, -0.25) is 18.8 Å². The van der Waals surface area contributed by atoms with Gasteiger partial charge < -0.3 is 24.8 Å². The molecule has 0 aliphatic carbocycles. The zero-order valence-corrected chi connectivity index (χ0v) is 31.3. The van der Waals surface area contributed by atoms with E-state index in [1.807, 2.05) is 25.7 Å². The Morgan fingerprint density at radius 3 is 2.37 bits per heavy atom. The third-order valence-electron chi connectivity index (χ3n) is 8.50. The van der Waals surface area contributed by atoms with Crippen LogP contribution in [0.2, 0.25) is 5.02 Å². The number of aromatic nitrogens is 9. The Morgan fingerprint density at radius 2 is 1.69 bits per heavy atom. The van der Waals surface area contributed by atoms with E-state index in [0.29, 0.717) is 41.6 Å². The van der Waals surface area contributed by atoms with Crippen LogP contribution in [0.15, 0.2) is 47.5 Å². The molecule has 1 aliphatic heterocycles. The topological polar surface area (TPSA) is 182 Å². The first-order chi connectivity index (χ1) is 26.0. The Bertz CT molecular complexity index is 2390. The summed E-state index contributed by atoms with van der Waals surface area (Å²) >= 11 is 6.19. The monoisotopic (exact) mass is 764 g/mol. The lowest BCUT2D eigenvalue weighted by molar-refractivity contribution is -0.116. The fraction of sp³-hybridized carbons (Fsp3) is 0.343. The average Bonchev–Trinajstić information content (AvgIpc) is 3.80. The summed E-state index contributed by atoms with van der Waals surface area (Å²) in [7, 11) is 2.21. The molecular weight excluding hydrogens is 726 g/mol. The molecule has 284 valence electrons. The van der Waals surface area contributed by atoms with E-state index in [1.165, 1.54) is 27.8 Å². The second-order valence-electron chi connectivity index (χ2n) is 11.7. The molecule has 54 heavy (non-hydrogen) atoms. The smallest absolute Gasteiger partial charge is 0.299 e. The number of alkyl halides is 1. The molecule has 4 aromatic heterocycles. The number of hydrogen-bond donors (Lipinski definition) is 2. The summed E-state index contributed by atoms with van der Waals surface area (Å²) in [6.45, 7) is 8.16. The van der Waals surface area contributed by atoms with Gasteiger partial charge in [-0.1, -0.05) is 32.4 Å². The van der Waals surface area contributed by atoms with Crippen molar-refractivity contribution in [3.8, 4) is 17.1 Å². The van der Waals surface area contributed by atoms with Crippen molar-refractivity contribution in [1.29, 1.82) is 0 Å². The number of aromatic hydroxyl groups is 1. The summed E-state index contributed by atoms with van der Waals surface area (Å²) in [6, 6.07) is 8.97. The molecule has 1 aliphatic rings. The summed E-state index contributed by atoms with van der Waals surface area (Å²) in [4.78, 5) is 58.5. The van der Waals surface area contributed by atoms with Crippen LogP contribution in [-0.4, -0.2) is 99.3 Å². The van der Waals surface area contributed by atoms with Crippen LogP contribution in [0.5, 0.6) is 5.75 Å². The lowest BCUT2D eigenvalue weighted by Gasteiger charge is -2.36. The Kier molecular flexibility index (Phi) is 12.1. The van der Waals surface area contributed by atoms with Gasteiger partial charge in [0.15, 0.2) is 17.3 Å². The fourth-order valence-corrected chi connectivity index (χ4v) is 6.26. The largest absolute Gasteiger partial charge is 0.504 e. The zero-order valence-electron chi connectivity index (χ0n) is 30.5. The maximum Gasteiger partial charge on any atom is 0.299 e. The number of nitrogens with zero attached hydrogens (tertiary/aromatic N) is 11. The third kappa shape index (κ3) is 7.68. The molecule has 2 amide bonds. The predicted octanol–water partition coefficient (Wildman–Crippen LogP) is 4.21. The van der Waals surface area contributed by atoms with Crippen molar-refractivity contribution in [2.45, 2.75) is 40.7 Å². The van der Waals surface area contributed by atoms with Gasteiger partial charge in [-0.05, 0) is 49.7 Å². The third-order valence-corrected chi connectivity index (χ3v) is 8.81. The summed E-state index contributed by atoms with van der Waals surface area (Å²) < 4.78 is 26.0. The lowest BCUT2D eigenvalue weighted by atomic mass is 10.2. The molecule has 0 bridgehead atoms. The number of nitrogens with one attached hydrogen (secondary N) is 1. The van der Waals surface area contributed by atoms with Crippen LogP contribution in [0.4, 0.5) is 20.2 Å². The predicted molar refractivity (Wildman–Crippen MR) is 199 cm³/mol. The number of benzene rings is 2. The van der Waals surface area contributed by atoms with E-state index in [0.717, 1.165) is 6.07 Å². The molecule has 16 nitrogen and oxygen atoms in total. The number of hydrogen-bond acceptors (Lipinski definition) is 11. The summed E-state index contributed by atoms with van der Waals surface area (Å²) in [5.41, 5.74) is 2.68. The molecule has 19 heteroatoms. The second-order valence-corrected chi connectivity index (χ2v) is 12.1. The van der Waals surface area contributed by atoms with Gasteiger partial charge in [-0.25, -0.2) is 14.4 Å². The van der Waals surface area contributed by atoms with Gasteiger partial charge in [0, 0.05) is 38.8 Å². The average molecular weight is 765 g/mol. The quantitative estimate of drug-likeness (QED) is 0.238. The standard InChI is InChI=1S/C32H30ClFN12O4.C2H6.CH3F/c1-4-24-27(43-9-11-44(12-10-43)30(49)26-28(48)17(2)35-16-36-26)31(50)46-32(45(24)15-25(47)37-21-8-6-19(34)14-20(21)33)38-29(41-46)18-5-7-22-23(13-18)40-42(3)39-22;2*1-2/h5-8,13-14,16,48H,4,9-12,15H2,1-3H3,(H,37,47);1-2H3;1H3. The number of piperazine rings is 1. The molecular formula is C35H39ClF2N12O4. The first-order valence-corrected chi connectivity index (χ1v) is 17.4. The molecule has 0 spiro atoms. The first-order valence-electron chi connectivity index (χ1n) is 17.0. The Morgan fingerprint density at radius 1 is 0.981 bits per heavy atom. The van der Waals surface area contributed by atoms with E-state index >= 15 is 0 Å². The van der Waals surface area contributed by atoms with Crippen molar-refractivity contribution in [3.63, 3.8) is 0 Å². The number of rotatable bonds is 7. The van der Waals surface area contributed by atoms with Crippen molar-refractivity contribution in [1.82, 2.24) is 49.0 Å². The highest BCUT2D eigenvalue weighted by Gasteiger charge is 2.30. The first kappa shape index (κ1) is 39.2. The van der Waals surface area contributed by atoms with Crippen LogP contribution in [0.3, 0.4) is 0 Å². The summed E-state index contributed by atoms with van der Waals surface area (Å²) in [5, 5.41) is 26.4. The van der Waals surface area contributed by atoms with Crippen LogP contribution >= 0.6 is 11.6 Å². The van der Waals surface area contributed by atoms with Crippen molar-refractivity contribution < 1.29 is 23.5 Å². The number of halogens is 3. The minimum atomic E-state index is -0.547. The van der Waals surface area contributed by atoms with E-state index in [9.17, 15) is 28.3 Å². The van der Waals surface area contributed by atoms with E-state index in [2.05, 4.69) is 30.6 Å². The van der Waals surface area contributed by atoms with Crippen LogP contribution < -0.4 is 15.8 Å². The normalized spacial score (nSPS) is 12.6. The summed E-state index contributed by atoms with van der Waals surface area (Å²) in [5.74, 6) is -1.40. The number of carbonyl (C=O) groups excluding carboxylic acids is 2. The van der Waals surface area contributed by atoms with Gasteiger partial charge in [0.25, 0.3) is 11.5 Å². The minimum Gasteiger partial charge on any atom is -0.504 e. The number of fused-ring (bicyclic) bond motifs is 2. The lowest BCUT2D eigenvalue weighted by Crippen LogP contribution is -2.51. The number of amides is 2. The molecule has 1 fully saturated rings. The number of carbonyl (C=O) groups is 2. The molecule has 0 saturated carbocycles. The second kappa shape index (κ2) is 16.7. The SMILES string of the molecule is CC.CCc1c(N2CCN(C(=O)c3ncnc(C)c3O)CC2)c(=O)n2nc(-c3ccc4nn(C)nc4c3)nc2n1CC(=O)Nc1ccc(F)cc1Cl.CF. The van der Waals surface area contributed by atoms with Crippen LogP contribution in [0.1, 0.15) is 42.6 Å². The molecule has 2 aromatic carbocycles. The maximum absolute atomic E-state index is 14.3. The van der Waals surface area contributed by atoms with Gasteiger partial charge in [0.05, 0.1) is 29.3 Å². The summed E-state index contributed by atoms with van der Waals surface area (Å²) in [6.07, 6.45) is 1.56. The Hall–Kier alpha value is -6.04. The maximum atomic E-state index is 14.3. The number of aryl methyl sites for hydroxylation is 2. The molecule has 0 atom stereocenters. The van der Waals surface area contributed by atoms with E-state index in [-0.39, 0.29) is 72.2 Å². The number of anilines is 2. The molecule has 2 N–H and O–H groups in total. The van der Waals surface area contributed by atoms with Crippen molar-refractivity contribution in [3.05, 3.63) is 81.0 Å². The van der Waals surface area contributed by atoms with Gasteiger partial charge in [0.2, 0.25) is 11.7 Å². The van der Waals surface area contributed by atoms with Crippen molar-refractivity contribution >= 4 is 51.6 Å². The highest BCUT2D eigenvalue weighted by Crippen LogP contribution is 2.27. The molecule has 7 rings (SSSR count). The van der Waals surface area contributed by atoms with Crippen molar-refractivity contribution in [2.24, 2.45) is 7.05 Å². The van der Waals surface area contributed by atoms with Crippen LogP contribution in [0, 0.1) is 12.7 Å². The van der Waals surface area contributed by atoms with Gasteiger partial charge in [-0.15, -0.1) is 5.10 Å². The molecule has 6 aromatic rings. The highest BCUT2D eigenvalue weighted by atomic mass is 35.5. The molecule has 0 unspecified atom stereocenters. The van der Waals surface area contributed by atoms with E-state index < -0.39 is 23.2 Å². The van der Waals surface area contributed by atoms with Gasteiger partial charge in [0.1, 0.15) is 35.4 Å². The Labute approximate surface area is 313 Å². The molecule has 1 saturated heterocycles. The van der Waals surface area contributed by atoms with Crippen LogP contribution in [-0.2, 0) is 24.8 Å². The van der Waals surface area contributed by atoms with Crippen molar-refractivity contribution in [2.75, 3.05) is 43.6 Å². The highest BCUT2D eigenvalue weighted by molar-refractivity contribution is 6.33.